The second-order valence-corrected chi connectivity index (χ2v) is 9.93. The lowest BCUT2D eigenvalue weighted by Gasteiger charge is -2.38. The number of anilines is 1. The van der Waals surface area contributed by atoms with E-state index in [2.05, 4.69) is 22.5 Å². The number of benzene rings is 2. The van der Waals surface area contributed by atoms with Crippen LogP contribution >= 0.6 is 0 Å². The lowest BCUT2D eigenvalue weighted by atomic mass is 9.85. The van der Waals surface area contributed by atoms with Gasteiger partial charge in [-0.15, -0.1) is 0 Å². The first-order valence-electron chi connectivity index (χ1n) is 12.4. The van der Waals surface area contributed by atoms with Crippen molar-refractivity contribution < 1.29 is 23.5 Å². The van der Waals surface area contributed by atoms with Gasteiger partial charge in [0.15, 0.2) is 11.5 Å². The molecule has 0 unspecified atom stereocenters. The second-order valence-electron chi connectivity index (χ2n) is 9.93. The maximum Gasteiger partial charge on any atom is 0.238 e. The highest BCUT2D eigenvalue weighted by atomic mass is 19.1. The van der Waals surface area contributed by atoms with Crippen LogP contribution in [0, 0.1) is 5.82 Å². The summed E-state index contributed by atoms with van der Waals surface area (Å²) in [6, 6.07) is 11.8. The lowest BCUT2D eigenvalue weighted by Crippen LogP contribution is -2.56. The Labute approximate surface area is 205 Å². The van der Waals surface area contributed by atoms with Crippen LogP contribution < -0.4 is 20.1 Å². The van der Waals surface area contributed by atoms with Gasteiger partial charge in [-0.3, -0.25) is 14.5 Å². The average Bonchev–Trinajstić information content (AvgIpc) is 2.96. The number of ether oxygens (including phenoxy) is 2. The van der Waals surface area contributed by atoms with Gasteiger partial charge >= 0.3 is 0 Å². The van der Waals surface area contributed by atoms with Gasteiger partial charge in [0.25, 0.3) is 0 Å². The number of carbonyl (C=O) groups is 2. The Hall–Kier alpha value is -3.13. The molecule has 2 aromatic carbocycles. The molecule has 3 heterocycles. The molecule has 0 saturated carbocycles. The minimum atomic E-state index is -0.466. The van der Waals surface area contributed by atoms with E-state index < -0.39 is 5.54 Å². The SMILES string of the molecule is C[C@]12C[C@@H](c3ccc(F)cc3)N(CC(=O)Nc3ccc4c(c3)OCCCO4)[C@H]1CCCCC(=O)N2. The number of fused-ring (bicyclic) bond motifs is 2. The molecule has 2 fully saturated rings. The van der Waals surface area contributed by atoms with Crippen LogP contribution in [0.4, 0.5) is 10.1 Å². The first-order chi connectivity index (χ1) is 16.9. The molecule has 2 saturated heterocycles. The molecule has 2 N–H and O–H groups in total. The first-order valence-corrected chi connectivity index (χ1v) is 12.4. The third kappa shape index (κ3) is 5.12. The third-order valence-corrected chi connectivity index (χ3v) is 7.32. The molecule has 0 aliphatic carbocycles. The molecule has 3 aliphatic heterocycles. The van der Waals surface area contributed by atoms with E-state index in [1.54, 1.807) is 18.2 Å². The van der Waals surface area contributed by atoms with Crippen molar-refractivity contribution in [2.45, 2.75) is 63.1 Å². The largest absolute Gasteiger partial charge is 0.490 e. The van der Waals surface area contributed by atoms with Gasteiger partial charge in [0, 0.05) is 36.7 Å². The van der Waals surface area contributed by atoms with Gasteiger partial charge in [0.1, 0.15) is 5.82 Å². The summed E-state index contributed by atoms with van der Waals surface area (Å²) in [6.45, 7) is 3.41. The maximum atomic E-state index is 13.6. The van der Waals surface area contributed by atoms with E-state index in [1.807, 2.05) is 12.1 Å². The monoisotopic (exact) mass is 481 g/mol. The molecule has 8 heteroatoms. The van der Waals surface area contributed by atoms with Gasteiger partial charge in [-0.1, -0.05) is 18.6 Å². The minimum absolute atomic E-state index is 0.00340. The van der Waals surface area contributed by atoms with Crippen molar-refractivity contribution in [3.8, 4) is 11.5 Å². The summed E-state index contributed by atoms with van der Waals surface area (Å²) in [6.07, 6.45) is 4.63. The van der Waals surface area contributed by atoms with E-state index in [4.69, 9.17) is 9.47 Å². The van der Waals surface area contributed by atoms with Crippen molar-refractivity contribution in [1.29, 1.82) is 0 Å². The summed E-state index contributed by atoms with van der Waals surface area (Å²) in [5.41, 5.74) is 1.12. The fourth-order valence-corrected chi connectivity index (χ4v) is 5.68. The molecule has 0 spiro atoms. The van der Waals surface area contributed by atoms with E-state index in [0.717, 1.165) is 31.2 Å². The molecule has 2 aromatic rings. The Morgan fingerprint density at radius 2 is 1.89 bits per heavy atom. The normalized spacial score (nSPS) is 26.6. The number of hydrogen-bond donors (Lipinski definition) is 2. The van der Waals surface area contributed by atoms with Crippen molar-refractivity contribution >= 4 is 17.5 Å². The maximum absolute atomic E-state index is 13.6. The molecule has 186 valence electrons. The van der Waals surface area contributed by atoms with E-state index in [0.29, 0.717) is 43.2 Å². The third-order valence-electron chi connectivity index (χ3n) is 7.32. The number of amides is 2. The fourth-order valence-electron chi connectivity index (χ4n) is 5.68. The van der Waals surface area contributed by atoms with Crippen LogP contribution in [0.3, 0.4) is 0 Å². The molecule has 3 atom stereocenters. The number of nitrogens with one attached hydrogen (secondary N) is 2. The summed E-state index contributed by atoms with van der Waals surface area (Å²) in [5.74, 6) is 0.909. The van der Waals surface area contributed by atoms with Gasteiger partial charge < -0.3 is 20.1 Å². The summed E-state index contributed by atoms with van der Waals surface area (Å²) >= 11 is 0. The zero-order valence-corrected chi connectivity index (χ0v) is 20.0. The Morgan fingerprint density at radius 3 is 2.69 bits per heavy atom. The molecule has 7 nitrogen and oxygen atoms in total. The zero-order chi connectivity index (χ0) is 24.4. The number of rotatable bonds is 4. The highest BCUT2D eigenvalue weighted by molar-refractivity contribution is 5.92. The van der Waals surface area contributed by atoms with Crippen LogP contribution in [0.2, 0.25) is 0 Å². The number of carbonyl (C=O) groups excluding carboxylic acids is 2. The molecule has 0 aromatic heterocycles. The Bertz CT molecular complexity index is 1090. The molecular formula is C27H32FN3O4. The summed E-state index contributed by atoms with van der Waals surface area (Å²) < 4.78 is 25.1. The standard InChI is InChI=1S/C27H32FN3O4/c1-27-16-21(18-7-9-19(28)10-8-18)31(24(27)5-2-3-6-25(32)30-27)17-26(33)29-20-11-12-22-23(15-20)35-14-4-13-34-22/h7-12,15,21,24H,2-6,13-14,16-17H2,1H3,(H,29,33)(H,30,32)/t21-,24-,27-/m0/s1. The highest BCUT2D eigenvalue weighted by Crippen LogP contribution is 2.45. The van der Waals surface area contributed by atoms with E-state index in [9.17, 15) is 14.0 Å². The second kappa shape index (κ2) is 9.85. The van der Waals surface area contributed by atoms with Crippen LogP contribution in [0.15, 0.2) is 42.5 Å². The van der Waals surface area contributed by atoms with E-state index >= 15 is 0 Å². The number of nitrogens with zero attached hydrogens (tertiary/aromatic N) is 1. The van der Waals surface area contributed by atoms with Gasteiger partial charge in [0.2, 0.25) is 11.8 Å². The Balaban J connectivity index is 1.38. The zero-order valence-electron chi connectivity index (χ0n) is 20.0. The van der Waals surface area contributed by atoms with Crippen molar-refractivity contribution in [2.24, 2.45) is 0 Å². The van der Waals surface area contributed by atoms with Gasteiger partial charge in [-0.25, -0.2) is 4.39 Å². The quantitative estimate of drug-likeness (QED) is 0.685. The highest BCUT2D eigenvalue weighted by Gasteiger charge is 2.50. The van der Waals surface area contributed by atoms with E-state index in [-0.39, 0.29) is 36.3 Å². The Kier molecular flexibility index (Phi) is 6.65. The fraction of sp³-hybridized carbons (Fsp3) is 0.481. The topological polar surface area (TPSA) is 79.9 Å². The molecule has 2 amide bonds. The molecular weight excluding hydrogens is 449 g/mol. The summed E-state index contributed by atoms with van der Waals surface area (Å²) in [7, 11) is 0. The van der Waals surface area contributed by atoms with Gasteiger partial charge in [-0.2, -0.15) is 0 Å². The minimum Gasteiger partial charge on any atom is -0.490 e. The van der Waals surface area contributed by atoms with Crippen LogP contribution in [-0.4, -0.2) is 48.1 Å². The Morgan fingerprint density at radius 1 is 1.11 bits per heavy atom. The number of hydrogen-bond acceptors (Lipinski definition) is 5. The summed E-state index contributed by atoms with van der Waals surface area (Å²) in [5, 5.41) is 6.25. The number of halogens is 1. The first kappa shape index (κ1) is 23.6. The van der Waals surface area contributed by atoms with Crippen LogP contribution in [0.1, 0.15) is 57.1 Å². The predicted molar refractivity (Wildman–Crippen MR) is 130 cm³/mol. The van der Waals surface area contributed by atoms with Crippen LogP contribution in [0.25, 0.3) is 0 Å². The van der Waals surface area contributed by atoms with Gasteiger partial charge in [-0.05, 0) is 56.0 Å². The predicted octanol–water partition coefficient (Wildman–Crippen LogP) is 4.19. The molecule has 0 radical (unpaired) electrons. The van der Waals surface area contributed by atoms with Crippen molar-refractivity contribution in [2.75, 3.05) is 25.1 Å². The molecule has 35 heavy (non-hydrogen) atoms. The molecule has 0 bridgehead atoms. The molecule has 3 aliphatic rings. The van der Waals surface area contributed by atoms with E-state index in [1.165, 1.54) is 12.1 Å². The number of likely N-dealkylation sites (tertiary alicyclic amines) is 1. The average molecular weight is 482 g/mol. The van der Waals surface area contributed by atoms with Crippen molar-refractivity contribution in [3.05, 3.63) is 53.8 Å². The van der Waals surface area contributed by atoms with Crippen LogP contribution in [-0.2, 0) is 9.59 Å². The van der Waals surface area contributed by atoms with Crippen molar-refractivity contribution in [3.63, 3.8) is 0 Å². The molecule has 5 rings (SSSR count). The van der Waals surface area contributed by atoms with Crippen LogP contribution in [0.5, 0.6) is 11.5 Å². The summed E-state index contributed by atoms with van der Waals surface area (Å²) in [4.78, 5) is 27.9. The lowest BCUT2D eigenvalue weighted by molar-refractivity contribution is -0.123. The van der Waals surface area contributed by atoms with Crippen molar-refractivity contribution in [1.82, 2.24) is 10.2 Å². The van der Waals surface area contributed by atoms with Gasteiger partial charge in [0.05, 0.1) is 25.3 Å². The smallest absolute Gasteiger partial charge is 0.238 e.